The fourth-order valence-corrected chi connectivity index (χ4v) is 1.73. The molecule has 1 aliphatic rings. The van der Waals surface area contributed by atoms with E-state index in [-0.39, 0.29) is 19.8 Å². The van der Waals surface area contributed by atoms with Gasteiger partial charge in [0, 0.05) is 19.8 Å². The number of rotatable bonds is 15. The fourth-order valence-electron chi connectivity index (χ4n) is 1.73. The molecular weight excluding hydrogens is 330 g/mol. The zero-order chi connectivity index (χ0) is 17.5. The van der Waals surface area contributed by atoms with Crippen molar-refractivity contribution in [2.24, 2.45) is 0 Å². The normalized spacial score (nSPS) is 15.4. The van der Waals surface area contributed by atoms with Gasteiger partial charge < -0.3 is 27.7 Å². The Morgan fingerprint density at radius 2 is 0.792 bits per heavy atom. The number of halogens is 3. The number of unbranched alkanes of at least 4 members (excludes halogenated alkanes) is 3. The maximum absolute atomic E-state index is 12.1. The van der Waals surface area contributed by atoms with Crippen LogP contribution in [0.2, 0.25) is 0 Å². The van der Waals surface area contributed by atoms with E-state index in [2.05, 4.69) is 0 Å². The Morgan fingerprint density at radius 3 is 1.04 bits per heavy atom. The first-order chi connectivity index (χ1) is 11.8. The van der Waals surface area contributed by atoms with Gasteiger partial charge in [0.2, 0.25) is 0 Å². The monoisotopic (exact) mass is 354 g/mol. The molecule has 0 aromatic carbocycles. The molecule has 0 aliphatic carbocycles. The highest BCUT2D eigenvalue weighted by Crippen LogP contribution is 2.13. The van der Waals surface area contributed by atoms with Crippen molar-refractivity contribution >= 4 is 22.0 Å². The molecule has 1 rings (SSSR count). The molecule has 0 atom stereocenters. The van der Waals surface area contributed by atoms with Crippen molar-refractivity contribution in [1.82, 2.24) is 0 Å². The van der Waals surface area contributed by atoms with Crippen LogP contribution in [0.25, 0.3) is 0 Å². The molecule has 1 saturated heterocycles. The average molecular weight is 354 g/mol. The quantitative estimate of drug-likeness (QED) is 0.332. The second-order valence-electron chi connectivity index (χ2n) is 5.07. The van der Waals surface area contributed by atoms with Gasteiger partial charge >= 0.3 is 22.0 Å². The van der Waals surface area contributed by atoms with Crippen LogP contribution >= 0.6 is 0 Å². The van der Waals surface area contributed by atoms with Crippen LogP contribution in [0.3, 0.4) is 0 Å². The summed E-state index contributed by atoms with van der Waals surface area (Å²) < 4.78 is 68.0. The lowest BCUT2D eigenvalue weighted by Gasteiger charge is -2.28. The smallest absolute Gasteiger partial charge is 0.400 e. The van der Waals surface area contributed by atoms with Crippen molar-refractivity contribution in [3.8, 4) is 0 Å². The standard InChI is InChI=1S/C12H24B3F3O6/c16-7-1-4-10-19-13-22-14(20-11-5-2-8-17)24-15(23-13)21-12-6-3-9-18/h1-12H2. The van der Waals surface area contributed by atoms with Crippen LogP contribution in [0.4, 0.5) is 13.2 Å². The molecule has 1 fully saturated rings. The zero-order valence-corrected chi connectivity index (χ0v) is 13.8. The first kappa shape index (κ1) is 21.8. The van der Waals surface area contributed by atoms with Gasteiger partial charge in [-0.15, -0.1) is 0 Å². The predicted octanol–water partition coefficient (Wildman–Crippen LogP) is 2.30. The summed E-state index contributed by atoms with van der Waals surface area (Å²) in [6.07, 6.45) is 2.71. The van der Waals surface area contributed by atoms with Crippen LogP contribution < -0.4 is 0 Å². The van der Waals surface area contributed by atoms with E-state index in [1.165, 1.54) is 0 Å². The van der Waals surface area contributed by atoms with E-state index in [1.807, 2.05) is 0 Å². The molecule has 12 heteroatoms. The minimum Gasteiger partial charge on any atom is -0.400 e. The molecule has 0 spiro atoms. The maximum atomic E-state index is 12.1. The third-order valence-corrected chi connectivity index (χ3v) is 3.01. The summed E-state index contributed by atoms with van der Waals surface area (Å²) in [5.74, 6) is 0. The van der Waals surface area contributed by atoms with Crippen molar-refractivity contribution in [2.75, 3.05) is 39.8 Å². The third-order valence-electron chi connectivity index (χ3n) is 3.01. The summed E-state index contributed by atoms with van der Waals surface area (Å²) >= 11 is 0. The molecule has 1 heterocycles. The predicted molar refractivity (Wildman–Crippen MR) is 84.0 cm³/mol. The van der Waals surface area contributed by atoms with Crippen molar-refractivity contribution in [2.45, 2.75) is 38.5 Å². The molecule has 0 saturated carbocycles. The van der Waals surface area contributed by atoms with Crippen LogP contribution in [0.5, 0.6) is 0 Å². The van der Waals surface area contributed by atoms with Gasteiger partial charge in [-0.1, -0.05) is 0 Å². The third kappa shape index (κ3) is 10.6. The molecule has 0 bridgehead atoms. The van der Waals surface area contributed by atoms with Crippen LogP contribution in [-0.4, -0.2) is 61.8 Å². The van der Waals surface area contributed by atoms with Crippen molar-refractivity contribution < 1.29 is 40.8 Å². The van der Waals surface area contributed by atoms with Crippen LogP contribution in [0.1, 0.15) is 38.5 Å². The molecule has 6 nitrogen and oxygen atoms in total. The van der Waals surface area contributed by atoms with E-state index in [1.54, 1.807) is 0 Å². The number of alkyl halides is 3. The van der Waals surface area contributed by atoms with Crippen LogP contribution in [-0.2, 0) is 27.7 Å². The molecule has 0 radical (unpaired) electrons. The topological polar surface area (TPSA) is 55.4 Å². The molecule has 138 valence electrons. The van der Waals surface area contributed by atoms with E-state index >= 15 is 0 Å². The molecule has 0 amide bonds. The summed E-state index contributed by atoms with van der Waals surface area (Å²) in [4.78, 5) is 0. The van der Waals surface area contributed by atoms with Crippen molar-refractivity contribution in [3.05, 3.63) is 0 Å². The van der Waals surface area contributed by atoms with Crippen molar-refractivity contribution in [1.29, 1.82) is 0 Å². The number of hydrogen-bond donors (Lipinski definition) is 0. The lowest BCUT2D eigenvalue weighted by molar-refractivity contribution is 0.0643. The largest absolute Gasteiger partial charge is 0.615 e. The molecular formula is C12H24B3F3O6. The van der Waals surface area contributed by atoms with E-state index in [0.717, 1.165) is 0 Å². The first-order valence-corrected chi connectivity index (χ1v) is 8.29. The first-order valence-electron chi connectivity index (χ1n) is 8.29. The molecule has 0 aromatic heterocycles. The maximum Gasteiger partial charge on any atom is 0.615 e. The van der Waals surface area contributed by atoms with Crippen LogP contribution in [0, 0.1) is 0 Å². The van der Waals surface area contributed by atoms with Gasteiger partial charge in [-0.25, -0.2) is 0 Å². The second kappa shape index (κ2) is 15.0. The summed E-state index contributed by atoms with van der Waals surface area (Å²) in [6, 6.07) is 0. The Balaban J connectivity index is 2.33. The van der Waals surface area contributed by atoms with Gasteiger partial charge in [0.15, 0.2) is 0 Å². The summed E-state index contributed by atoms with van der Waals surface area (Å²) in [5, 5.41) is 0. The second-order valence-corrected chi connectivity index (χ2v) is 5.07. The molecule has 24 heavy (non-hydrogen) atoms. The van der Waals surface area contributed by atoms with Gasteiger partial charge in [0.25, 0.3) is 0 Å². The van der Waals surface area contributed by atoms with E-state index < -0.39 is 42.0 Å². The van der Waals surface area contributed by atoms with E-state index in [0.29, 0.717) is 38.5 Å². The van der Waals surface area contributed by atoms with Crippen molar-refractivity contribution in [3.63, 3.8) is 0 Å². The Hall–Kier alpha value is -0.255. The highest BCUT2D eigenvalue weighted by atomic mass is 19.1. The van der Waals surface area contributed by atoms with Gasteiger partial charge in [0.1, 0.15) is 0 Å². The van der Waals surface area contributed by atoms with Gasteiger partial charge in [0.05, 0.1) is 20.0 Å². The highest BCUT2D eigenvalue weighted by molar-refractivity contribution is 6.66. The minimum absolute atomic E-state index is 0.248. The zero-order valence-electron chi connectivity index (χ0n) is 13.8. The Kier molecular flexibility index (Phi) is 13.6. The molecule has 0 unspecified atom stereocenters. The minimum atomic E-state index is -1.07. The Morgan fingerprint density at radius 1 is 0.500 bits per heavy atom. The lowest BCUT2D eigenvalue weighted by Crippen LogP contribution is -2.53. The summed E-state index contributed by atoms with van der Waals surface area (Å²) in [6.45, 7) is -0.508. The van der Waals surface area contributed by atoms with E-state index in [9.17, 15) is 13.2 Å². The number of hydrogen-bond acceptors (Lipinski definition) is 6. The fraction of sp³-hybridized carbons (Fsp3) is 1.00. The van der Waals surface area contributed by atoms with Crippen LogP contribution in [0.15, 0.2) is 0 Å². The highest BCUT2D eigenvalue weighted by Gasteiger charge is 2.46. The SMILES string of the molecule is FCCCCOB1OB(OCCCCF)OB(OCCCCF)O1. The molecule has 0 N–H and O–H groups in total. The summed E-state index contributed by atoms with van der Waals surface area (Å²) in [5.41, 5.74) is 0. The van der Waals surface area contributed by atoms with Gasteiger partial charge in [-0.05, 0) is 38.5 Å². The average Bonchev–Trinajstić information content (AvgIpc) is 2.59. The Bertz CT molecular complexity index is 250. The summed E-state index contributed by atoms with van der Waals surface area (Å²) in [7, 11) is -3.22. The van der Waals surface area contributed by atoms with E-state index in [4.69, 9.17) is 27.7 Å². The van der Waals surface area contributed by atoms with Gasteiger partial charge in [-0.3, -0.25) is 13.2 Å². The Labute approximate surface area is 142 Å². The molecule has 1 aliphatic heterocycles. The van der Waals surface area contributed by atoms with Gasteiger partial charge in [-0.2, -0.15) is 0 Å². The molecule has 0 aromatic rings. The lowest BCUT2D eigenvalue weighted by atomic mass is 9.96.